The van der Waals surface area contributed by atoms with Crippen LogP contribution in [-0.2, 0) is 14.8 Å². The van der Waals surface area contributed by atoms with E-state index in [4.69, 9.17) is 4.74 Å². The Kier molecular flexibility index (Phi) is 10.5. The number of nitrogens with zero attached hydrogens (tertiary/aromatic N) is 4. The van der Waals surface area contributed by atoms with Crippen molar-refractivity contribution in [1.29, 1.82) is 0 Å². The number of hydrogen-bond donors (Lipinski definition) is 3. The largest absolute Gasteiger partial charge is 0.444 e. The van der Waals surface area contributed by atoms with E-state index in [-0.39, 0.29) is 29.1 Å². The van der Waals surface area contributed by atoms with Crippen LogP contribution in [0, 0.1) is 11.6 Å². The van der Waals surface area contributed by atoms with Crippen LogP contribution < -0.4 is 20.9 Å². The zero-order valence-electron chi connectivity index (χ0n) is 26.6. The SMILES string of the molecule is CC(C)n1c(=O)c(-c2cc(F)c(NS(=O)(=O)CCC(F)(F)F)c(F)c2)nc2cnc(NC3CCC(NC(=O)OC(C)(C)C)C(F)C3)nc21. The molecule has 1 aromatic carbocycles. The highest BCUT2D eigenvalue weighted by Gasteiger charge is 2.34. The van der Waals surface area contributed by atoms with Gasteiger partial charge < -0.3 is 15.4 Å². The third-order valence-corrected chi connectivity index (χ3v) is 8.44. The normalized spacial score (nSPS) is 19.0. The Morgan fingerprint density at radius 1 is 1.10 bits per heavy atom. The predicted molar refractivity (Wildman–Crippen MR) is 165 cm³/mol. The Hall–Kier alpha value is -4.16. The zero-order valence-corrected chi connectivity index (χ0v) is 27.4. The summed E-state index contributed by atoms with van der Waals surface area (Å²) in [5, 5.41) is 5.59. The minimum atomic E-state index is -4.81. The van der Waals surface area contributed by atoms with Crippen LogP contribution in [0.2, 0.25) is 0 Å². The van der Waals surface area contributed by atoms with Gasteiger partial charge in [0.2, 0.25) is 16.0 Å². The van der Waals surface area contributed by atoms with Crippen LogP contribution in [0.1, 0.15) is 66.3 Å². The Morgan fingerprint density at radius 3 is 2.31 bits per heavy atom. The highest BCUT2D eigenvalue weighted by molar-refractivity contribution is 7.92. The van der Waals surface area contributed by atoms with Crippen LogP contribution in [0.15, 0.2) is 23.1 Å². The van der Waals surface area contributed by atoms with Crippen molar-refractivity contribution in [2.75, 3.05) is 15.8 Å². The van der Waals surface area contributed by atoms with Gasteiger partial charge in [0.25, 0.3) is 5.56 Å². The molecule has 1 saturated carbocycles. The van der Waals surface area contributed by atoms with Crippen LogP contribution in [0.5, 0.6) is 0 Å². The standard InChI is InChI=1S/C29H35F6N7O5S/c1-14(2)42-24-21(13-36-26(40-24)37-16-6-7-20(17(30)12-16)39-27(44)47-28(3,4)5)38-22(25(42)43)15-10-18(31)23(19(32)11-15)41-48(45,46)9-8-29(33,34)35/h10-11,13-14,16-17,20,41H,6-9,12H2,1-5H3,(H,39,44)(H,36,37,40). The molecule has 2 aromatic heterocycles. The Bertz CT molecular complexity index is 1820. The summed E-state index contributed by atoms with van der Waals surface area (Å²) in [4.78, 5) is 38.4. The molecule has 1 aliphatic rings. The summed E-state index contributed by atoms with van der Waals surface area (Å²) in [6, 6.07) is -0.464. The Morgan fingerprint density at radius 2 is 1.75 bits per heavy atom. The summed E-state index contributed by atoms with van der Waals surface area (Å²) in [7, 11) is -4.77. The van der Waals surface area contributed by atoms with Crippen LogP contribution >= 0.6 is 0 Å². The molecule has 1 amide bonds. The molecule has 0 aliphatic heterocycles. The van der Waals surface area contributed by atoms with Crippen LogP contribution in [0.4, 0.5) is 42.8 Å². The van der Waals surface area contributed by atoms with Gasteiger partial charge in [-0.3, -0.25) is 14.1 Å². The van der Waals surface area contributed by atoms with Crippen LogP contribution in [-0.4, -0.2) is 69.8 Å². The van der Waals surface area contributed by atoms with Gasteiger partial charge >= 0.3 is 12.3 Å². The summed E-state index contributed by atoms with van der Waals surface area (Å²) in [5.74, 6) is -4.38. The van der Waals surface area contributed by atoms with Crippen molar-refractivity contribution in [3.8, 4) is 11.3 Å². The number of halogens is 6. The second-order valence-electron chi connectivity index (χ2n) is 12.7. The highest BCUT2D eigenvalue weighted by Crippen LogP contribution is 2.29. The van der Waals surface area contributed by atoms with Gasteiger partial charge in [0.1, 0.15) is 28.7 Å². The van der Waals surface area contributed by atoms with Gasteiger partial charge in [-0.1, -0.05) is 0 Å². The van der Waals surface area contributed by atoms with E-state index in [2.05, 4.69) is 25.6 Å². The summed E-state index contributed by atoms with van der Waals surface area (Å²) < 4.78 is 114. The molecule has 1 fully saturated rings. The fourth-order valence-corrected chi connectivity index (χ4v) is 6.16. The third kappa shape index (κ3) is 9.25. The number of carbonyl (C=O) groups excluding carboxylic acids is 1. The molecule has 3 N–H and O–H groups in total. The van der Waals surface area contributed by atoms with E-state index in [1.165, 1.54) is 15.5 Å². The molecule has 12 nitrogen and oxygen atoms in total. The first-order chi connectivity index (χ1) is 22.1. The van der Waals surface area contributed by atoms with E-state index in [9.17, 15) is 44.3 Å². The zero-order chi connectivity index (χ0) is 35.8. The first-order valence-electron chi connectivity index (χ1n) is 14.9. The number of hydrogen-bond acceptors (Lipinski definition) is 9. The molecule has 0 spiro atoms. The molecular weight excluding hydrogens is 672 g/mol. The van der Waals surface area contributed by atoms with Crippen molar-refractivity contribution < 1.29 is 44.3 Å². The van der Waals surface area contributed by atoms with E-state index in [1.807, 2.05) is 0 Å². The molecule has 0 saturated heterocycles. The average molecular weight is 708 g/mol. The van der Waals surface area contributed by atoms with Crippen molar-refractivity contribution in [2.24, 2.45) is 0 Å². The number of benzene rings is 1. The van der Waals surface area contributed by atoms with Gasteiger partial charge in [-0.15, -0.1) is 0 Å². The lowest BCUT2D eigenvalue weighted by Gasteiger charge is -2.33. The molecule has 264 valence electrons. The number of aromatic nitrogens is 4. The van der Waals surface area contributed by atoms with E-state index < -0.39 is 92.9 Å². The first kappa shape index (κ1) is 36.7. The van der Waals surface area contributed by atoms with Crippen molar-refractivity contribution in [3.05, 3.63) is 40.3 Å². The lowest BCUT2D eigenvalue weighted by atomic mass is 9.89. The fraction of sp³-hybridized carbons (Fsp3) is 0.552. The molecule has 19 heteroatoms. The highest BCUT2D eigenvalue weighted by atomic mass is 32.2. The van der Waals surface area contributed by atoms with Crippen molar-refractivity contribution >= 4 is 38.9 Å². The van der Waals surface area contributed by atoms with Gasteiger partial charge in [-0.05, 0) is 59.6 Å². The van der Waals surface area contributed by atoms with Crippen molar-refractivity contribution in [3.63, 3.8) is 0 Å². The number of ether oxygens (including phenoxy) is 1. The number of carbonyl (C=O) groups is 1. The predicted octanol–water partition coefficient (Wildman–Crippen LogP) is 5.60. The number of sulfonamides is 1. The number of amides is 1. The molecule has 3 unspecified atom stereocenters. The lowest BCUT2D eigenvalue weighted by molar-refractivity contribution is -0.129. The van der Waals surface area contributed by atoms with Gasteiger partial charge in [0, 0.05) is 24.1 Å². The summed E-state index contributed by atoms with van der Waals surface area (Å²) in [6.45, 7) is 8.38. The number of anilines is 2. The van der Waals surface area contributed by atoms with E-state index >= 15 is 0 Å². The molecule has 0 radical (unpaired) electrons. The van der Waals surface area contributed by atoms with Gasteiger partial charge in [0.05, 0.1) is 24.4 Å². The van der Waals surface area contributed by atoms with E-state index in [1.54, 1.807) is 34.6 Å². The smallest absolute Gasteiger partial charge is 0.407 e. The average Bonchev–Trinajstić information content (AvgIpc) is 2.93. The lowest BCUT2D eigenvalue weighted by Crippen LogP contribution is -2.48. The first-order valence-corrected chi connectivity index (χ1v) is 16.5. The maximum absolute atomic E-state index is 15.0. The third-order valence-electron chi connectivity index (χ3n) is 7.18. The second-order valence-corrected chi connectivity index (χ2v) is 14.5. The number of alkyl halides is 4. The maximum atomic E-state index is 15.0. The number of nitrogens with one attached hydrogen (secondary N) is 3. The Labute approximate surface area is 271 Å². The van der Waals surface area contributed by atoms with Gasteiger partial charge in [0.15, 0.2) is 17.3 Å². The number of fused-ring (bicyclic) bond motifs is 1. The fourth-order valence-electron chi connectivity index (χ4n) is 5.05. The van der Waals surface area contributed by atoms with Crippen molar-refractivity contribution in [2.45, 2.75) is 96.4 Å². The molecule has 4 rings (SSSR count). The van der Waals surface area contributed by atoms with Gasteiger partial charge in [-0.2, -0.15) is 18.2 Å². The van der Waals surface area contributed by atoms with Crippen LogP contribution in [0.25, 0.3) is 22.4 Å². The van der Waals surface area contributed by atoms with Crippen LogP contribution in [0.3, 0.4) is 0 Å². The van der Waals surface area contributed by atoms with E-state index in [0.717, 1.165) is 0 Å². The van der Waals surface area contributed by atoms with Gasteiger partial charge in [-0.25, -0.2) is 36.4 Å². The van der Waals surface area contributed by atoms with E-state index in [0.29, 0.717) is 25.0 Å². The molecule has 3 aromatic rings. The molecule has 1 aliphatic carbocycles. The summed E-state index contributed by atoms with van der Waals surface area (Å²) in [6.07, 6.45) is -6.65. The molecule has 48 heavy (non-hydrogen) atoms. The minimum absolute atomic E-state index is 0.0155. The molecule has 2 heterocycles. The minimum Gasteiger partial charge on any atom is -0.444 e. The second kappa shape index (κ2) is 13.8. The monoisotopic (exact) mass is 707 g/mol. The number of rotatable bonds is 9. The molecule has 3 atom stereocenters. The molecular formula is C29H35F6N7O5S. The Balaban J connectivity index is 1.57. The summed E-state index contributed by atoms with van der Waals surface area (Å²) >= 11 is 0. The topological polar surface area (TPSA) is 157 Å². The maximum Gasteiger partial charge on any atom is 0.407 e. The molecule has 0 bridgehead atoms. The quantitative estimate of drug-likeness (QED) is 0.241. The van der Waals surface area contributed by atoms with Crippen molar-refractivity contribution in [1.82, 2.24) is 24.8 Å². The summed E-state index contributed by atoms with van der Waals surface area (Å²) in [5.41, 5.74) is -3.46. The number of alkyl carbamates (subject to hydrolysis) is 1.